The van der Waals surface area contributed by atoms with Gasteiger partial charge in [0.2, 0.25) is 9.84 Å². The first-order valence-corrected chi connectivity index (χ1v) is 11.0. The molecule has 0 aliphatic carbocycles. The molecule has 2 amide bonds. The number of carbonyl (C=O) groups is 1. The molecule has 0 spiro atoms. The molecule has 1 aliphatic heterocycles. The lowest BCUT2D eigenvalue weighted by Gasteiger charge is -2.40. The van der Waals surface area contributed by atoms with Gasteiger partial charge in [0.05, 0.1) is 10.9 Å². The largest absolute Gasteiger partial charge is 0.325 e. The van der Waals surface area contributed by atoms with Crippen molar-refractivity contribution in [3.05, 3.63) is 36.8 Å². The highest BCUT2D eigenvalue weighted by Crippen LogP contribution is 2.37. The summed E-state index contributed by atoms with van der Waals surface area (Å²) in [6.45, 7) is 6.99. The van der Waals surface area contributed by atoms with E-state index in [0.29, 0.717) is 38.2 Å². The molecule has 0 aromatic carbocycles. The second-order valence-corrected chi connectivity index (χ2v) is 10.00. The van der Waals surface area contributed by atoms with Crippen LogP contribution < -0.4 is 5.32 Å². The van der Waals surface area contributed by atoms with Crippen LogP contribution in [0, 0.1) is 5.92 Å². The first-order chi connectivity index (χ1) is 13.3. The number of hydrogen-bond acceptors (Lipinski definition) is 5. The van der Waals surface area contributed by atoms with Crippen molar-refractivity contribution < 1.29 is 13.2 Å². The predicted octanol–water partition coefficient (Wildman–Crippen LogP) is 2.79. The zero-order valence-electron chi connectivity index (χ0n) is 16.5. The molecular weight excluding hydrogens is 378 g/mol. The summed E-state index contributed by atoms with van der Waals surface area (Å²) in [6.07, 6.45) is 6.04. The summed E-state index contributed by atoms with van der Waals surface area (Å²) in [7, 11) is -3.55. The third-order valence-corrected chi connectivity index (χ3v) is 8.26. The van der Waals surface area contributed by atoms with Crippen LogP contribution in [0.25, 0.3) is 0 Å². The molecule has 0 radical (unpaired) electrons. The summed E-state index contributed by atoms with van der Waals surface area (Å²) in [4.78, 5) is 18.1. The lowest BCUT2D eigenvalue weighted by molar-refractivity contribution is 0.171. The fraction of sp³-hybridized carbons (Fsp3) is 0.526. The van der Waals surface area contributed by atoms with Crippen molar-refractivity contribution in [3.63, 3.8) is 0 Å². The Morgan fingerprint density at radius 3 is 2.43 bits per heavy atom. The van der Waals surface area contributed by atoms with Gasteiger partial charge in [-0.1, -0.05) is 0 Å². The number of aryl methyl sites for hydroxylation is 1. The van der Waals surface area contributed by atoms with Crippen LogP contribution in [0.3, 0.4) is 0 Å². The van der Waals surface area contributed by atoms with Gasteiger partial charge in [0.25, 0.3) is 0 Å². The monoisotopic (exact) mass is 405 g/mol. The average molecular weight is 406 g/mol. The molecular formula is C19H27N5O3S. The third-order valence-electron chi connectivity index (χ3n) is 5.64. The standard InChI is InChI=1S/C19H27N5O3S/c1-4-24-17(7-12-21-24)28(26,27)19(2,3)15-8-13-23(14-9-15)18(25)22-16-5-10-20-11-6-16/h5-7,10-12,15H,4,8-9,13-14H2,1-3H3,(H,20,22,25). The maximum atomic E-state index is 13.3. The Morgan fingerprint density at radius 1 is 1.18 bits per heavy atom. The number of aromatic nitrogens is 3. The molecule has 1 fully saturated rings. The van der Waals surface area contributed by atoms with Gasteiger partial charge in [-0.15, -0.1) is 0 Å². The van der Waals surface area contributed by atoms with Gasteiger partial charge in [-0.2, -0.15) is 5.10 Å². The molecule has 2 aromatic rings. The van der Waals surface area contributed by atoms with Crippen LogP contribution in [0.5, 0.6) is 0 Å². The van der Waals surface area contributed by atoms with Crippen LogP contribution in [0.15, 0.2) is 41.8 Å². The van der Waals surface area contributed by atoms with Crippen LogP contribution in [0.4, 0.5) is 10.5 Å². The molecule has 8 nitrogen and oxygen atoms in total. The van der Waals surface area contributed by atoms with Crippen molar-refractivity contribution in [2.75, 3.05) is 18.4 Å². The van der Waals surface area contributed by atoms with E-state index in [1.807, 2.05) is 6.92 Å². The highest BCUT2D eigenvalue weighted by atomic mass is 32.2. The smallest absolute Gasteiger partial charge is 0.321 e. The fourth-order valence-electron chi connectivity index (χ4n) is 3.69. The lowest BCUT2D eigenvalue weighted by atomic mass is 9.86. The molecule has 1 aliphatic rings. The molecule has 3 rings (SSSR count). The van der Waals surface area contributed by atoms with Crippen molar-refractivity contribution in [2.24, 2.45) is 5.92 Å². The van der Waals surface area contributed by atoms with Gasteiger partial charge < -0.3 is 10.2 Å². The molecule has 0 saturated carbocycles. The summed E-state index contributed by atoms with van der Waals surface area (Å²) in [5.41, 5.74) is 0.692. The third kappa shape index (κ3) is 3.76. The summed E-state index contributed by atoms with van der Waals surface area (Å²) in [5, 5.41) is 7.22. The molecule has 152 valence electrons. The van der Waals surface area contributed by atoms with Gasteiger partial charge >= 0.3 is 6.03 Å². The number of hydrogen-bond donors (Lipinski definition) is 1. The van der Waals surface area contributed by atoms with Crippen LogP contribution in [0.2, 0.25) is 0 Å². The SMILES string of the molecule is CCn1nccc1S(=O)(=O)C(C)(C)C1CCN(C(=O)Nc2ccncc2)CC1. The first-order valence-electron chi connectivity index (χ1n) is 9.49. The number of carbonyl (C=O) groups excluding carboxylic acids is 1. The molecule has 2 aromatic heterocycles. The quantitative estimate of drug-likeness (QED) is 0.825. The Balaban J connectivity index is 1.67. The molecule has 0 unspecified atom stereocenters. The average Bonchev–Trinajstić information content (AvgIpc) is 3.18. The van der Waals surface area contributed by atoms with Crippen LogP contribution in [0.1, 0.15) is 33.6 Å². The number of sulfone groups is 1. The first kappa shape index (κ1) is 20.3. The van der Waals surface area contributed by atoms with Crippen LogP contribution in [-0.4, -0.2) is 51.9 Å². The van der Waals surface area contributed by atoms with Crippen molar-refractivity contribution in [1.82, 2.24) is 19.7 Å². The number of nitrogens with zero attached hydrogens (tertiary/aromatic N) is 4. The van der Waals surface area contributed by atoms with Gasteiger partial charge in [-0.3, -0.25) is 9.67 Å². The van der Waals surface area contributed by atoms with E-state index in [9.17, 15) is 13.2 Å². The van der Waals surface area contributed by atoms with Gasteiger partial charge in [0.1, 0.15) is 0 Å². The van der Waals surface area contributed by atoms with E-state index in [4.69, 9.17) is 0 Å². The van der Waals surface area contributed by atoms with E-state index in [-0.39, 0.29) is 17.0 Å². The lowest BCUT2D eigenvalue weighted by Crippen LogP contribution is -2.48. The highest BCUT2D eigenvalue weighted by Gasteiger charge is 2.45. The van der Waals surface area contributed by atoms with E-state index in [1.165, 1.54) is 10.9 Å². The normalized spacial score (nSPS) is 16.2. The van der Waals surface area contributed by atoms with Crippen LogP contribution >= 0.6 is 0 Å². The zero-order valence-corrected chi connectivity index (χ0v) is 17.3. The number of rotatable bonds is 5. The Labute approximate surface area is 165 Å². The Bertz CT molecular complexity index is 916. The maximum absolute atomic E-state index is 13.3. The molecule has 1 N–H and O–H groups in total. The van der Waals surface area contributed by atoms with E-state index in [2.05, 4.69) is 15.4 Å². The number of amides is 2. The van der Waals surface area contributed by atoms with Crippen molar-refractivity contribution >= 4 is 21.6 Å². The minimum Gasteiger partial charge on any atom is -0.325 e. The van der Waals surface area contributed by atoms with Gasteiger partial charge in [-0.05, 0) is 57.7 Å². The zero-order chi connectivity index (χ0) is 20.4. The molecule has 3 heterocycles. The van der Waals surface area contributed by atoms with Gasteiger partial charge in [-0.25, -0.2) is 13.2 Å². The van der Waals surface area contributed by atoms with Crippen molar-refractivity contribution in [3.8, 4) is 0 Å². The summed E-state index contributed by atoms with van der Waals surface area (Å²) in [5.74, 6) is -0.0392. The number of nitrogens with one attached hydrogen (secondary N) is 1. The predicted molar refractivity (Wildman–Crippen MR) is 107 cm³/mol. The minimum atomic E-state index is -3.55. The summed E-state index contributed by atoms with van der Waals surface area (Å²) in [6, 6.07) is 4.86. The molecule has 0 bridgehead atoms. The van der Waals surface area contributed by atoms with E-state index < -0.39 is 14.6 Å². The number of pyridine rings is 1. The molecule has 0 atom stereocenters. The fourth-order valence-corrected chi connectivity index (χ4v) is 5.60. The topological polar surface area (TPSA) is 97.2 Å². The Hall–Kier alpha value is -2.42. The van der Waals surface area contributed by atoms with E-state index in [0.717, 1.165) is 0 Å². The maximum Gasteiger partial charge on any atom is 0.321 e. The summed E-state index contributed by atoms with van der Waals surface area (Å²) >= 11 is 0. The number of piperidine rings is 1. The van der Waals surface area contributed by atoms with Crippen molar-refractivity contribution in [2.45, 2.75) is 49.9 Å². The molecule has 9 heteroatoms. The Kier molecular flexibility index (Phi) is 5.74. The van der Waals surface area contributed by atoms with Gasteiger partial charge in [0, 0.05) is 37.7 Å². The molecule has 1 saturated heterocycles. The Morgan fingerprint density at radius 2 is 1.82 bits per heavy atom. The van der Waals surface area contributed by atoms with Crippen LogP contribution in [-0.2, 0) is 16.4 Å². The molecule has 28 heavy (non-hydrogen) atoms. The summed E-state index contributed by atoms with van der Waals surface area (Å²) < 4.78 is 27.2. The minimum absolute atomic E-state index is 0.0392. The highest BCUT2D eigenvalue weighted by molar-refractivity contribution is 7.92. The second kappa shape index (κ2) is 7.90. The van der Waals surface area contributed by atoms with Crippen molar-refractivity contribution in [1.29, 1.82) is 0 Å². The van der Waals surface area contributed by atoms with E-state index >= 15 is 0 Å². The van der Waals surface area contributed by atoms with E-state index in [1.54, 1.807) is 49.3 Å². The second-order valence-electron chi connectivity index (χ2n) is 7.52. The van der Waals surface area contributed by atoms with Gasteiger partial charge in [0.15, 0.2) is 5.03 Å². The number of urea groups is 1. The number of likely N-dealkylation sites (tertiary alicyclic amines) is 1. The number of anilines is 1.